The van der Waals surface area contributed by atoms with Crippen LogP contribution in [-0.2, 0) is 16.4 Å². The van der Waals surface area contributed by atoms with Crippen molar-refractivity contribution in [3.8, 4) is 0 Å². The number of rotatable bonds is 4. The van der Waals surface area contributed by atoms with Crippen LogP contribution in [0.25, 0.3) is 10.9 Å². The van der Waals surface area contributed by atoms with E-state index in [0.29, 0.717) is 23.1 Å². The van der Waals surface area contributed by atoms with Crippen molar-refractivity contribution in [1.82, 2.24) is 10.3 Å². The first-order valence-electron chi connectivity index (χ1n) is 6.98. The maximum Gasteiger partial charge on any atom is 0.150 e. The number of nitrogens with zero attached hydrogens (tertiary/aromatic N) is 1. The van der Waals surface area contributed by atoms with Gasteiger partial charge >= 0.3 is 0 Å². The summed E-state index contributed by atoms with van der Waals surface area (Å²) in [6, 6.07) is 7.67. The van der Waals surface area contributed by atoms with Gasteiger partial charge in [0.05, 0.1) is 17.0 Å². The minimum absolute atomic E-state index is 0.224. The van der Waals surface area contributed by atoms with Crippen molar-refractivity contribution in [2.75, 3.05) is 18.1 Å². The monoisotopic (exact) mass is 324 g/mol. The quantitative estimate of drug-likeness (QED) is 0.938. The fourth-order valence-electron chi connectivity index (χ4n) is 2.78. The second kappa shape index (κ2) is 5.91. The number of pyridine rings is 1. The number of sulfone groups is 1. The number of hydrogen-bond acceptors (Lipinski definition) is 4. The SMILES string of the molecule is O=S1(=O)CCC(CNCc2ccc(Cl)c3cccnc23)C1. The van der Waals surface area contributed by atoms with E-state index in [1.54, 1.807) is 6.20 Å². The fourth-order valence-corrected chi connectivity index (χ4v) is 4.86. The summed E-state index contributed by atoms with van der Waals surface area (Å²) in [6.45, 7) is 1.39. The van der Waals surface area contributed by atoms with Gasteiger partial charge in [-0.25, -0.2) is 8.42 Å². The number of fused-ring (bicyclic) bond motifs is 1. The number of aromatic nitrogens is 1. The molecular weight excluding hydrogens is 308 g/mol. The van der Waals surface area contributed by atoms with Crippen LogP contribution in [0.15, 0.2) is 30.5 Å². The van der Waals surface area contributed by atoms with E-state index < -0.39 is 9.84 Å². The Kier molecular flexibility index (Phi) is 4.15. The summed E-state index contributed by atoms with van der Waals surface area (Å²) < 4.78 is 22.9. The average molecular weight is 325 g/mol. The summed E-state index contributed by atoms with van der Waals surface area (Å²) in [7, 11) is -2.80. The van der Waals surface area contributed by atoms with Crippen molar-refractivity contribution < 1.29 is 8.42 Å². The molecule has 1 saturated heterocycles. The van der Waals surface area contributed by atoms with Crippen molar-refractivity contribution in [2.24, 2.45) is 5.92 Å². The van der Waals surface area contributed by atoms with Gasteiger partial charge in [-0.05, 0) is 42.6 Å². The molecule has 2 aromatic rings. The second-order valence-electron chi connectivity index (χ2n) is 5.51. The second-order valence-corrected chi connectivity index (χ2v) is 8.14. The van der Waals surface area contributed by atoms with E-state index in [0.717, 1.165) is 29.4 Å². The lowest BCUT2D eigenvalue weighted by Gasteiger charge is -2.11. The summed E-state index contributed by atoms with van der Waals surface area (Å²) >= 11 is 6.17. The van der Waals surface area contributed by atoms with Crippen molar-refractivity contribution >= 4 is 32.3 Å². The van der Waals surface area contributed by atoms with Crippen LogP contribution in [0.5, 0.6) is 0 Å². The summed E-state index contributed by atoms with van der Waals surface area (Å²) in [5, 5.41) is 4.99. The molecule has 3 rings (SSSR count). The van der Waals surface area contributed by atoms with Gasteiger partial charge in [-0.3, -0.25) is 4.98 Å². The highest BCUT2D eigenvalue weighted by Gasteiger charge is 2.27. The maximum absolute atomic E-state index is 11.4. The Morgan fingerprint density at radius 3 is 2.95 bits per heavy atom. The molecule has 1 aromatic heterocycles. The molecule has 1 unspecified atom stereocenters. The first-order valence-corrected chi connectivity index (χ1v) is 9.18. The Morgan fingerprint density at radius 2 is 2.19 bits per heavy atom. The molecule has 0 aliphatic carbocycles. The normalized spacial score (nSPS) is 20.9. The minimum atomic E-state index is -2.80. The summed E-state index contributed by atoms with van der Waals surface area (Å²) in [4.78, 5) is 4.40. The van der Waals surface area contributed by atoms with Gasteiger partial charge in [0.15, 0.2) is 9.84 Å². The molecule has 6 heteroatoms. The number of nitrogens with one attached hydrogen (secondary N) is 1. The fraction of sp³-hybridized carbons (Fsp3) is 0.400. The molecule has 112 valence electrons. The van der Waals surface area contributed by atoms with E-state index in [-0.39, 0.29) is 5.92 Å². The van der Waals surface area contributed by atoms with E-state index in [9.17, 15) is 8.42 Å². The van der Waals surface area contributed by atoms with Crippen LogP contribution < -0.4 is 5.32 Å². The van der Waals surface area contributed by atoms with E-state index in [2.05, 4.69) is 10.3 Å². The van der Waals surface area contributed by atoms with Crippen molar-refractivity contribution in [1.29, 1.82) is 0 Å². The van der Waals surface area contributed by atoms with Gasteiger partial charge in [0.1, 0.15) is 0 Å². The highest BCUT2D eigenvalue weighted by molar-refractivity contribution is 7.91. The summed E-state index contributed by atoms with van der Waals surface area (Å²) in [5.74, 6) is 0.853. The van der Waals surface area contributed by atoms with Crippen LogP contribution in [-0.4, -0.2) is 31.5 Å². The zero-order valence-corrected chi connectivity index (χ0v) is 13.1. The number of benzene rings is 1. The Labute approximate surface area is 129 Å². The molecule has 0 spiro atoms. The third-order valence-corrected chi connectivity index (χ3v) is 6.04. The predicted molar refractivity (Wildman–Crippen MR) is 85.2 cm³/mol. The molecule has 1 aromatic carbocycles. The van der Waals surface area contributed by atoms with Crippen LogP contribution in [0, 0.1) is 5.92 Å². The third-order valence-electron chi connectivity index (χ3n) is 3.88. The molecule has 0 radical (unpaired) electrons. The highest BCUT2D eigenvalue weighted by atomic mass is 35.5. The molecule has 2 heterocycles. The topological polar surface area (TPSA) is 59.1 Å². The Hall–Kier alpha value is -1.17. The van der Waals surface area contributed by atoms with E-state index >= 15 is 0 Å². The average Bonchev–Trinajstić information content (AvgIpc) is 2.81. The molecule has 1 atom stereocenters. The van der Waals surface area contributed by atoms with Crippen LogP contribution in [0.1, 0.15) is 12.0 Å². The van der Waals surface area contributed by atoms with Crippen LogP contribution in [0.2, 0.25) is 5.02 Å². The van der Waals surface area contributed by atoms with Crippen LogP contribution in [0.4, 0.5) is 0 Å². The molecule has 1 aliphatic rings. The lowest BCUT2D eigenvalue weighted by molar-refractivity contribution is 0.521. The zero-order chi connectivity index (χ0) is 14.9. The molecule has 1 N–H and O–H groups in total. The molecule has 0 saturated carbocycles. The van der Waals surface area contributed by atoms with Crippen molar-refractivity contribution in [3.05, 3.63) is 41.0 Å². The zero-order valence-electron chi connectivity index (χ0n) is 11.5. The van der Waals surface area contributed by atoms with E-state index in [4.69, 9.17) is 11.6 Å². The predicted octanol–water partition coefficient (Wildman–Crippen LogP) is 2.41. The van der Waals surface area contributed by atoms with Gasteiger partial charge in [-0.15, -0.1) is 0 Å². The lowest BCUT2D eigenvalue weighted by atomic mass is 10.1. The lowest BCUT2D eigenvalue weighted by Crippen LogP contribution is -2.23. The molecule has 1 aliphatic heterocycles. The van der Waals surface area contributed by atoms with Gasteiger partial charge in [0, 0.05) is 23.2 Å². The summed E-state index contributed by atoms with van der Waals surface area (Å²) in [5.41, 5.74) is 1.98. The van der Waals surface area contributed by atoms with Crippen molar-refractivity contribution in [2.45, 2.75) is 13.0 Å². The summed E-state index contributed by atoms with van der Waals surface area (Å²) in [6.07, 6.45) is 2.51. The molecule has 0 bridgehead atoms. The molecule has 4 nitrogen and oxygen atoms in total. The Balaban J connectivity index is 1.68. The molecule has 0 amide bonds. The third kappa shape index (κ3) is 3.36. The number of hydrogen-bond donors (Lipinski definition) is 1. The van der Waals surface area contributed by atoms with Crippen LogP contribution >= 0.6 is 11.6 Å². The largest absolute Gasteiger partial charge is 0.312 e. The van der Waals surface area contributed by atoms with E-state index in [1.807, 2.05) is 24.3 Å². The van der Waals surface area contributed by atoms with Gasteiger partial charge in [0.25, 0.3) is 0 Å². The van der Waals surface area contributed by atoms with Gasteiger partial charge in [0.2, 0.25) is 0 Å². The number of halogens is 1. The Morgan fingerprint density at radius 1 is 1.33 bits per heavy atom. The van der Waals surface area contributed by atoms with E-state index in [1.165, 1.54) is 0 Å². The van der Waals surface area contributed by atoms with Crippen LogP contribution in [0.3, 0.4) is 0 Å². The Bertz CT molecular complexity index is 761. The molecular formula is C15H17ClN2O2S. The standard InChI is InChI=1S/C15H17ClN2O2S/c16-14-4-3-12(15-13(14)2-1-6-18-15)9-17-8-11-5-7-21(19,20)10-11/h1-4,6,11,17H,5,7-10H2. The van der Waals surface area contributed by atoms with Gasteiger partial charge < -0.3 is 5.32 Å². The maximum atomic E-state index is 11.4. The first kappa shape index (κ1) is 14.8. The first-order chi connectivity index (χ1) is 10.1. The van der Waals surface area contributed by atoms with Gasteiger partial charge in [-0.2, -0.15) is 0 Å². The highest BCUT2D eigenvalue weighted by Crippen LogP contribution is 2.25. The molecule has 1 fully saturated rings. The molecule has 21 heavy (non-hydrogen) atoms. The minimum Gasteiger partial charge on any atom is -0.312 e. The van der Waals surface area contributed by atoms with Crippen molar-refractivity contribution in [3.63, 3.8) is 0 Å². The van der Waals surface area contributed by atoms with Gasteiger partial charge in [-0.1, -0.05) is 17.7 Å². The smallest absolute Gasteiger partial charge is 0.150 e.